The van der Waals surface area contributed by atoms with Gasteiger partial charge in [0.05, 0.1) is 6.54 Å². The number of nitrogens with zero attached hydrogens (tertiary/aromatic N) is 2. The van der Waals surface area contributed by atoms with Crippen molar-refractivity contribution in [2.45, 2.75) is 13.5 Å². The van der Waals surface area contributed by atoms with E-state index >= 15 is 0 Å². The zero-order valence-electron chi connectivity index (χ0n) is 9.30. The number of hydrogen-bond acceptors (Lipinski definition) is 5. The molecule has 0 spiro atoms. The molecule has 86 valence electrons. The van der Waals surface area contributed by atoms with E-state index in [0.29, 0.717) is 11.7 Å². The van der Waals surface area contributed by atoms with Gasteiger partial charge in [0.2, 0.25) is 11.7 Å². The third kappa shape index (κ3) is 1.60. The van der Waals surface area contributed by atoms with E-state index in [1.807, 2.05) is 31.2 Å². The number of rotatable bonds is 2. The van der Waals surface area contributed by atoms with Crippen molar-refractivity contribution < 1.29 is 8.94 Å². The van der Waals surface area contributed by atoms with Gasteiger partial charge in [-0.15, -0.1) is 0 Å². The van der Waals surface area contributed by atoms with Crippen molar-refractivity contribution in [2.75, 3.05) is 0 Å². The van der Waals surface area contributed by atoms with Crippen LogP contribution in [0.5, 0.6) is 0 Å². The van der Waals surface area contributed by atoms with Crippen LogP contribution in [0, 0.1) is 6.92 Å². The number of aromatic nitrogens is 2. The first kappa shape index (κ1) is 10.0. The first-order chi connectivity index (χ1) is 8.28. The highest BCUT2D eigenvalue weighted by Gasteiger charge is 2.12. The fourth-order valence-electron chi connectivity index (χ4n) is 1.83. The first-order valence-corrected chi connectivity index (χ1v) is 5.30. The number of aryl methyl sites for hydroxylation is 1. The summed E-state index contributed by atoms with van der Waals surface area (Å²) >= 11 is 0. The number of furan rings is 1. The third-order valence-corrected chi connectivity index (χ3v) is 2.57. The van der Waals surface area contributed by atoms with Crippen LogP contribution in [0.3, 0.4) is 0 Å². The predicted molar refractivity (Wildman–Crippen MR) is 62.1 cm³/mol. The minimum Gasteiger partial charge on any atom is -0.461 e. The van der Waals surface area contributed by atoms with Gasteiger partial charge >= 0.3 is 0 Å². The van der Waals surface area contributed by atoms with Gasteiger partial charge in [-0.05, 0) is 19.1 Å². The quantitative estimate of drug-likeness (QED) is 0.729. The van der Waals surface area contributed by atoms with E-state index < -0.39 is 0 Å². The predicted octanol–water partition coefficient (Wildman–Crippen LogP) is 2.25. The first-order valence-electron chi connectivity index (χ1n) is 5.30. The number of hydrogen-bond donors (Lipinski definition) is 1. The number of benzene rings is 1. The molecule has 0 bridgehead atoms. The number of fused-ring (bicyclic) bond motifs is 1. The van der Waals surface area contributed by atoms with Crippen molar-refractivity contribution in [3.05, 3.63) is 35.9 Å². The Labute approximate surface area is 97.2 Å². The molecule has 0 atom stereocenters. The minimum absolute atomic E-state index is 0.243. The van der Waals surface area contributed by atoms with Crippen LogP contribution in [-0.2, 0) is 6.54 Å². The van der Waals surface area contributed by atoms with Crippen molar-refractivity contribution in [2.24, 2.45) is 5.73 Å². The van der Waals surface area contributed by atoms with Crippen LogP contribution in [0.2, 0.25) is 0 Å². The summed E-state index contributed by atoms with van der Waals surface area (Å²) in [5, 5.41) is 4.89. The van der Waals surface area contributed by atoms with Crippen molar-refractivity contribution in [1.82, 2.24) is 10.1 Å². The Balaban J connectivity index is 2.22. The Morgan fingerprint density at radius 3 is 3.00 bits per heavy atom. The van der Waals surface area contributed by atoms with E-state index in [-0.39, 0.29) is 6.54 Å². The van der Waals surface area contributed by atoms with E-state index in [2.05, 4.69) is 10.1 Å². The molecule has 0 radical (unpaired) electrons. The summed E-state index contributed by atoms with van der Waals surface area (Å²) in [4.78, 5) is 4.21. The molecule has 0 fully saturated rings. The molecule has 17 heavy (non-hydrogen) atoms. The standard InChI is InChI=1S/C12H11N3O2/c1-7-5-9-8(3-2-4-10(9)16-7)12-14-11(6-13)17-15-12/h2-5H,6,13H2,1H3. The topological polar surface area (TPSA) is 78.1 Å². The SMILES string of the molecule is Cc1cc2c(-c3noc(CN)n3)cccc2o1. The van der Waals surface area contributed by atoms with Crippen LogP contribution >= 0.6 is 0 Å². The lowest BCUT2D eigenvalue weighted by Gasteiger charge is -1.95. The molecular formula is C12H11N3O2. The third-order valence-electron chi connectivity index (χ3n) is 2.57. The second-order valence-corrected chi connectivity index (χ2v) is 3.79. The van der Waals surface area contributed by atoms with Crippen LogP contribution in [0.4, 0.5) is 0 Å². The normalized spacial score (nSPS) is 11.2. The smallest absolute Gasteiger partial charge is 0.240 e. The maximum absolute atomic E-state index is 5.55. The Bertz CT molecular complexity index is 669. The Hall–Kier alpha value is -2.14. The average molecular weight is 229 g/mol. The molecular weight excluding hydrogens is 218 g/mol. The molecule has 5 heteroatoms. The maximum atomic E-state index is 5.55. The lowest BCUT2D eigenvalue weighted by atomic mass is 10.1. The van der Waals surface area contributed by atoms with E-state index in [1.54, 1.807) is 0 Å². The minimum atomic E-state index is 0.243. The number of nitrogens with two attached hydrogens (primary N) is 1. The summed E-state index contributed by atoms with van der Waals surface area (Å²) in [5.74, 6) is 1.82. The largest absolute Gasteiger partial charge is 0.461 e. The highest BCUT2D eigenvalue weighted by Crippen LogP contribution is 2.28. The average Bonchev–Trinajstić information content (AvgIpc) is 2.92. The van der Waals surface area contributed by atoms with Gasteiger partial charge in [0.15, 0.2) is 0 Å². The zero-order valence-corrected chi connectivity index (χ0v) is 9.30. The summed E-state index contributed by atoms with van der Waals surface area (Å²) in [6.07, 6.45) is 0. The highest BCUT2D eigenvalue weighted by molar-refractivity contribution is 5.92. The molecule has 0 saturated carbocycles. The van der Waals surface area contributed by atoms with Crippen LogP contribution in [0.1, 0.15) is 11.7 Å². The van der Waals surface area contributed by atoms with Crippen molar-refractivity contribution in [3.8, 4) is 11.4 Å². The molecule has 0 unspecified atom stereocenters. The van der Waals surface area contributed by atoms with E-state index in [9.17, 15) is 0 Å². The van der Waals surface area contributed by atoms with E-state index in [4.69, 9.17) is 14.7 Å². The summed E-state index contributed by atoms with van der Waals surface area (Å²) in [6, 6.07) is 7.71. The highest BCUT2D eigenvalue weighted by atomic mass is 16.5. The molecule has 0 aliphatic carbocycles. The fourth-order valence-corrected chi connectivity index (χ4v) is 1.83. The molecule has 0 aliphatic rings. The van der Waals surface area contributed by atoms with Crippen LogP contribution in [0.15, 0.2) is 33.2 Å². The van der Waals surface area contributed by atoms with Crippen LogP contribution in [-0.4, -0.2) is 10.1 Å². The van der Waals surface area contributed by atoms with Gasteiger partial charge < -0.3 is 14.7 Å². The van der Waals surface area contributed by atoms with Crippen LogP contribution < -0.4 is 5.73 Å². The van der Waals surface area contributed by atoms with Crippen molar-refractivity contribution in [1.29, 1.82) is 0 Å². The Kier molecular flexibility index (Phi) is 2.19. The monoisotopic (exact) mass is 229 g/mol. The lowest BCUT2D eigenvalue weighted by molar-refractivity contribution is 0.380. The van der Waals surface area contributed by atoms with Gasteiger partial charge in [-0.1, -0.05) is 17.3 Å². The van der Waals surface area contributed by atoms with Crippen molar-refractivity contribution in [3.63, 3.8) is 0 Å². The maximum Gasteiger partial charge on any atom is 0.240 e. The lowest BCUT2D eigenvalue weighted by Crippen LogP contribution is -1.95. The van der Waals surface area contributed by atoms with Gasteiger partial charge in [-0.3, -0.25) is 0 Å². The van der Waals surface area contributed by atoms with Gasteiger partial charge in [0, 0.05) is 10.9 Å². The van der Waals surface area contributed by atoms with Gasteiger partial charge in [-0.2, -0.15) is 4.98 Å². The van der Waals surface area contributed by atoms with Gasteiger partial charge in [0.1, 0.15) is 11.3 Å². The van der Waals surface area contributed by atoms with Crippen molar-refractivity contribution >= 4 is 11.0 Å². The summed E-state index contributed by atoms with van der Waals surface area (Å²) in [6.45, 7) is 2.15. The van der Waals surface area contributed by atoms with Gasteiger partial charge in [-0.25, -0.2) is 0 Å². The van der Waals surface area contributed by atoms with Crippen LogP contribution in [0.25, 0.3) is 22.4 Å². The van der Waals surface area contributed by atoms with E-state index in [1.165, 1.54) is 0 Å². The molecule has 0 aliphatic heterocycles. The molecule has 2 aromatic heterocycles. The van der Waals surface area contributed by atoms with E-state index in [0.717, 1.165) is 22.3 Å². The molecule has 3 rings (SSSR count). The molecule has 2 N–H and O–H groups in total. The summed E-state index contributed by atoms with van der Waals surface area (Å²) < 4.78 is 10.6. The summed E-state index contributed by atoms with van der Waals surface area (Å²) in [7, 11) is 0. The second kappa shape index (κ2) is 3.71. The fraction of sp³-hybridized carbons (Fsp3) is 0.167. The van der Waals surface area contributed by atoms with Gasteiger partial charge in [0.25, 0.3) is 0 Å². The molecule has 5 nitrogen and oxygen atoms in total. The Morgan fingerprint density at radius 1 is 1.35 bits per heavy atom. The second-order valence-electron chi connectivity index (χ2n) is 3.79. The Morgan fingerprint density at radius 2 is 2.24 bits per heavy atom. The molecule has 3 aromatic rings. The zero-order chi connectivity index (χ0) is 11.8. The molecule has 2 heterocycles. The molecule has 0 saturated heterocycles. The molecule has 1 aromatic carbocycles. The molecule has 0 amide bonds. The summed E-state index contributed by atoms with van der Waals surface area (Å²) in [5.41, 5.74) is 7.15.